The van der Waals surface area contributed by atoms with Crippen molar-refractivity contribution in [2.24, 2.45) is 0 Å². The molecule has 0 radical (unpaired) electrons. The number of aromatic nitrogens is 1. The van der Waals surface area contributed by atoms with Crippen molar-refractivity contribution in [3.8, 4) is 10.6 Å². The van der Waals surface area contributed by atoms with Gasteiger partial charge in [0, 0.05) is 42.1 Å². The van der Waals surface area contributed by atoms with Gasteiger partial charge in [0.1, 0.15) is 5.01 Å². The van der Waals surface area contributed by atoms with Crippen molar-refractivity contribution in [1.82, 2.24) is 10.3 Å². The SMILES string of the molecule is CC(=O)Nc1ccc(-c2nc(CCNC(=O)c3ccccc3)cs2)cc1. The zero-order valence-electron chi connectivity index (χ0n) is 14.4. The Kier molecular flexibility index (Phi) is 5.76. The maximum atomic E-state index is 12.0. The van der Waals surface area contributed by atoms with Gasteiger partial charge in [-0.1, -0.05) is 18.2 Å². The molecule has 1 heterocycles. The largest absolute Gasteiger partial charge is 0.352 e. The minimum absolute atomic E-state index is 0.0744. The molecule has 132 valence electrons. The Bertz CT molecular complexity index is 889. The van der Waals surface area contributed by atoms with E-state index in [1.807, 2.05) is 47.8 Å². The number of carbonyl (C=O) groups is 2. The molecule has 0 saturated carbocycles. The number of rotatable bonds is 6. The first-order valence-corrected chi connectivity index (χ1v) is 9.15. The van der Waals surface area contributed by atoms with Gasteiger partial charge in [0.2, 0.25) is 5.91 Å². The van der Waals surface area contributed by atoms with Crippen molar-refractivity contribution in [2.45, 2.75) is 13.3 Å². The molecule has 0 fully saturated rings. The van der Waals surface area contributed by atoms with Gasteiger partial charge in [0.25, 0.3) is 5.91 Å². The average molecular weight is 365 g/mol. The van der Waals surface area contributed by atoms with Crippen LogP contribution in [0.2, 0.25) is 0 Å². The van der Waals surface area contributed by atoms with Crippen molar-refractivity contribution in [2.75, 3.05) is 11.9 Å². The van der Waals surface area contributed by atoms with Gasteiger partial charge in [-0.25, -0.2) is 4.98 Å². The molecule has 26 heavy (non-hydrogen) atoms. The number of benzene rings is 2. The van der Waals surface area contributed by atoms with Gasteiger partial charge in [-0.3, -0.25) is 9.59 Å². The lowest BCUT2D eigenvalue weighted by atomic mass is 10.2. The Morgan fingerprint density at radius 2 is 1.77 bits per heavy atom. The Hall–Kier alpha value is -2.99. The van der Waals surface area contributed by atoms with Gasteiger partial charge in [-0.05, 0) is 36.4 Å². The van der Waals surface area contributed by atoms with Gasteiger partial charge in [-0.15, -0.1) is 11.3 Å². The highest BCUT2D eigenvalue weighted by Crippen LogP contribution is 2.25. The maximum Gasteiger partial charge on any atom is 0.251 e. The van der Waals surface area contributed by atoms with Crippen LogP contribution in [0.5, 0.6) is 0 Å². The summed E-state index contributed by atoms with van der Waals surface area (Å²) >= 11 is 1.57. The van der Waals surface area contributed by atoms with Crippen molar-refractivity contribution in [3.05, 3.63) is 71.2 Å². The second-order valence-corrected chi connectivity index (χ2v) is 6.63. The molecular weight excluding hydrogens is 346 g/mol. The fourth-order valence-corrected chi connectivity index (χ4v) is 3.31. The molecule has 0 unspecified atom stereocenters. The maximum absolute atomic E-state index is 12.0. The predicted octanol–water partition coefficient (Wildman–Crippen LogP) is 3.74. The minimum Gasteiger partial charge on any atom is -0.352 e. The van der Waals surface area contributed by atoms with E-state index in [2.05, 4.69) is 15.6 Å². The Morgan fingerprint density at radius 3 is 2.46 bits per heavy atom. The molecule has 3 aromatic rings. The number of nitrogens with one attached hydrogen (secondary N) is 2. The number of nitrogens with zero attached hydrogens (tertiary/aromatic N) is 1. The third-order valence-electron chi connectivity index (χ3n) is 3.71. The summed E-state index contributed by atoms with van der Waals surface area (Å²) in [6.07, 6.45) is 0.680. The number of thiazole rings is 1. The van der Waals surface area contributed by atoms with Crippen molar-refractivity contribution in [1.29, 1.82) is 0 Å². The van der Waals surface area contributed by atoms with Crippen LogP contribution in [0.3, 0.4) is 0 Å². The molecular formula is C20H19N3O2S. The summed E-state index contributed by atoms with van der Waals surface area (Å²) in [6.45, 7) is 2.02. The molecule has 5 nitrogen and oxygen atoms in total. The predicted molar refractivity (Wildman–Crippen MR) is 104 cm³/mol. The highest BCUT2D eigenvalue weighted by Gasteiger charge is 2.07. The number of hydrogen-bond donors (Lipinski definition) is 2. The Labute approximate surface area is 156 Å². The summed E-state index contributed by atoms with van der Waals surface area (Å²) in [4.78, 5) is 27.7. The van der Waals surface area contributed by atoms with E-state index in [1.54, 1.807) is 23.5 Å². The molecule has 0 aliphatic rings. The number of amides is 2. The van der Waals surface area contributed by atoms with Crippen molar-refractivity contribution < 1.29 is 9.59 Å². The topological polar surface area (TPSA) is 71.1 Å². The molecule has 0 bridgehead atoms. The minimum atomic E-state index is -0.0909. The molecule has 0 aliphatic heterocycles. The van der Waals surface area contributed by atoms with Gasteiger partial charge in [-0.2, -0.15) is 0 Å². The first-order valence-electron chi connectivity index (χ1n) is 8.27. The lowest BCUT2D eigenvalue weighted by Crippen LogP contribution is -2.25. The van der Waals surface area contributed by atoms with Crippen LogP contribution in [0.15, 0.2) is 60.0 Å². The van der Waals surface area contributed by atoms with Crippen LogP contribution < -0.4 is 10.6 Å². The van der Waals surface area contributed by atoms with Crippen LogP contribution >= 0.6 is 11.3 Å². The van der Waals surface area contributed by atoms with E-state index in [0.29, 0.717) is 18.5 Å². The zero-order chi connectivity index (χ0) is 18.4. The van der Waals surface area contributed by atoms with Crippen molar-refractivity contribution >= 4 is 28.8 Å². The standard InChI is InChI=1S/C20H19N3O2S/c1-14(24)22-17-9-7-16(8-10-17)20-23-18(13-26-20)11-12-21-19(25)15-5-3-2-4-6-15/h2-10,13H,11-12H2,1H3,(H,21,25)(H,22,24). The van der Waals surface area contributed by atoms with E-state index in [4.69, 9.17) is 0 Å². The van der Waals surface area contributed by atoms with Crippen LogP contribution in [0.25, 0.3) is 10.6 Å². The van der Waals surface area contributed by atoms with Crippen molar-refractivity contribution in [3.63, 3.8) is 0 Å². The second-order valence-electron chi connectivity index (χ2n) is 5.77. The summed E-state index contributed by atoms with van der Waals surface area (Å²) in [5.74, 6) is -0.165. The fourth-order valence-electron chi connectivity index (χ4n) is 2.45. The molecule has 3 rings (SSSR count). The summed E-state index contributed by atoms with van der Waals surface area (Å²) in [5, 5.41) is 8.58. The lowest BCUT2D eigenvalue weighted by Gasteiger charge is -2.04. The summed E-state index contributed by atoms with van der Waals surface area (Å²) in [5.41, 5.74) is 3.38. The van der Waals surface area contributed by atoms with Gasteiger partial charge < -0.3 is 10.6 Å². The molecule has 0 aliphatic carbocycles. The fraction of sp³-hybridized carbons (Fsp3) is 0.150. The highest BCUT2D eigenvalue weighted by molar-refractivity contribution is 7.13. The molecule has 2 N–H and O–H groups in total. The summed E-state index contributed by atoms with van der Waals surface area (Å²) in [7, 11) is 0. The number of carbonyl (C=O) groups excluding carboxylic acids is 2. The van der Waals surface area contributed by atoms with Crippen LogP contribution in [0.4, 0.5) is 5.69 Å². The van der Waals surface area contributed by atoms with Crippen LogP contribution in [0, 0.1) is 0 Å². The van der Waals surface area contributed by atoms with Crippen LogP contribution in [-0.2, 0) is 11.2 Å². The number of anilines is 1. The quantitative estimate of drug-likeness (QED) is 0.699. The third-order valence-corrected chi connectivity index (χ3v) is 4.65. The van der Waals surface area contributed by atoms with E-state index < -0.39 is 0 Å². The second kappa shape index (κ2) is 8.40. The first-order chi connectivity index (χ1) is 12.6. The molecule has 0 saturated heterocycles. The van der Waals surface area contributed by atoms with E-state index in [-0.39, 0.29) is 11.8 Å². The van der Waals surface area contributed by atoms with E-state index in [0.717, 1.165) is 22.0 Å². The summed E-state index contributed by atoms with van der Waals surface area (Å²) < 4.78 is 0. The molecule has 0 spiro atoms. The zero-order valence-corrected chi connectivity index (χ0v) is 15.2. The average Bonchev–Trinajstić information content (AvgIpc) is 3.11. The van der Waals surface area contributed by atoms with Crippen LogP contribution in [-0.4, -0.2) is 23.3 Å². The molecule has 2 aromatic carbocycles. The molecule has 0 atom stereocenters. The molecule has 6 heteroatoms. The molecule has 1 aromatic heterocycles. The summed E-state index contributed by atoms with van der Waals surface area (Å²) in [6, 6.07) is 16.8. The normalized spacial score (nSPS) is 10.3. The smallest absolute Gasteiger partial charge is 0.251 e. The number of hydrogen-bond acceptors (Lipinski definition) is 4. The third kappa shape index (κ3) is 4.77. The first kappa shape index (κ1) is 17.8. The Balaban J connectivity index is 1.54. The molecule has 2 amide bonds. The van der Waals surface area contributed by atoms with Gasteiger partial charge in [0.05, 0.1) is 5.69 Å². The van der Waals surface area contributed by atoms with E-state index in [9.17, 15) is 9.59 Å². The highest BCUT2D eigenvalue weighted by atomic mass is 32.1. The van der Waals surface area contributed by atoms with E-state index >= 15 is 0 Å². The van der Waals surface area contributed by atoms with Crippen LogP contribution in [0.1, 0.15) is 23.0 Å². The lowest BCUT2D eigenvalue weighted by molar-refractivity contribution is -0.114. The van der Waals surface area contributed by atoms with E-state index in [1.165, 1.54) is 6.92 Å². The monoisotopic (exact) mass is 365 g/mol. The van der Waals surface area contributed by atoms with Gasteiger partial charge >= 0.3 is 0 Å². The van der Waals surface area contributed by atoms with Gasteiger partial charge in [0.15, 0.2) is 0 Å². The Morgan fingerprint density at radius 1 is 1.04 bits per heavy atom.